The molecule has 96 valence electrons. The first-order valence-corrected chi connectivity index (χ1v) is 5.95. The molecular formula is C13H21NO3. The summed E-state index contributed by atoms with van der Waals surface area (Å²) in [6.07, 6.45) is 5.44. The van der Waals surface area contributed by atoms with Crippen LogP contribution >= 0.6 is 0 Å². The van der Waals surface area contributed by atoms with Crippen molar-refractivity contribution < 1.29 is 14.7 Å². The topological polar surface area (TPSA) is 57.6 Å². The zero-order valence-electron chi connectivity index (χ0n) is 10.8. The molecular weight excluding hydrogens is 218 g/mol. The first kappa shape index (κ1) is 13.7. The van der Waals surface area contributed by atoms with Gasteiger partial charge in [0, 0.05) is 12.5 Å². The molecule has 1 aliphatic carbocycles. The van der Waals surface area contributed by atoms with Gasteiger partial charge in [-0.3, -0.25) is 9.59 Å². The summed E-state index contributed by atoms with van der Waals surface area (Å²) >= 11 is 0. The average Bonchev–Trinajstić information content (AvgIpc) is 2.65. The highest BCUT2D eigenvalue weighted by Gasteiger charge is 2.28. The second kappa shape index (κ2) is 5.34. The van der Waals surface area contributed by atoms with Crippen molar-refractivity contribution in [2.45, 2.75) is 33.6 Å². The summed E-state index contributed by atoms with van der Waals surface area (Å²) in [6.45, 7) is 6.29. The lowest BCUT2D eigenvalue weighted by molar-refractivity contribution is -0.147. The molecule has 17 heavy (non-hydrogen) atoms. The number of rotatable bonds is 4. The third-order valence-corrected chi connectivity index (χ3v) is 2.66. The molecule has 0 saturated heterocycles. The predicted octanol–water partition coefficient (Wildman–Crippen LogP) is 1.91. The van der Waals surface area contributed by atoms with Crippen molar-refractivity contribution in [2.75, 3.05) is 13.1 Å². The molecule has 0 unspecified atom stereocenters. The van der Waals surface area contributed by atoms with Gasteiger partial charge in [0.25, 0.3) is 0 Å². The van der Waals surface area contributed by atoms with Crippen LogP contribution in [-0.4, -0.2) is 35.0 Å². The SMILES string of the molecule is CC(C)(C)CN(CC(=O)O)C(=O)C1CC=CC1. The van der Waals surface area contributed by atoms with Crippen LogP contribution in [0, 0.1) is 11.3 Å². The van der Waals surface area contributed by atoms with Crippen LogP contribution in [0.2, 0.25) is 0 Å². The maximum Gasteiger partial charge on any atom is 0.323 e. The van der Waals surface area contributed by atoms with Crippen LogP contribution in [0.3, 0.4) is 0 Å². The number of aliphatic carboxylic acids is 1. The summed E-state index contributed by atoms with van der Waals surface area (Å²) in [5.74, 6) is -1.04. The van der Waals surface area contributed by atoms with E-state index in [1.165, 1.54) is 4.90 Å². The van der Waals surface area contributed by atoms with Gasteiger partial charge in [0.1, 0.15) is 6.54 Å². The molecule has 1 rings (SSSR count). The first-order valence-electron chi connectivity index (χ1n) is 5.95. The van der Waals surface area contributed by atoms with Gasteiger partial charge in [-0.2, -0.15) is 0 Å². The van der Waals surface area contributed by atoms with E-state index in [9.17, 15) is 9.59 Å². The maximum atomic E-state index is 12.2. The molecule has 0 aromatic rings. The monoisotopic (exact) mass is 239 g/mol. The van der Waals surface area contributed by atoms with E-state index in [1.54, 1.807) is 0 Å². The minimum absolute atomic E-state index is 0.0349. The maximum absolute atomic E-state index is 12.2. The van der Waals surface area contributed by atoms with E-state index in [-0.39, 0.29) is 23.8 Å². The highest BCUT2D eigenvalue weighted by Crippen LogP contribution is 2.23. The summed E-state index contributed by atoms with van der Waals surface area (Å²) in [7, 11) is 0. The quantitative estimate of drug-likeness (QED) is 0.762. The van der Waals surface area contributed by atoms with E-state index in [0.29, 0.717) is 6.54 Å². The molecule has 4 nitrogen and oxygen atoms in total. The third kappa shape index (κ3) is 4.59. The van der Waals surface area contributed by atoms with Crippen LogP contribution in [0.5, 0.6) is 0 Å². The molecule has 1 N–H and O–H groups in total. The Balaban J connectivity index is 2.67. The molecule has 0 aromatic carbocycles. The Kier molecular flexibility index (Phi) is 4.32. The van der Waals surface area contributed by atoms with E-state index in [2.05, 4.69) is 0 Å². The number of amides is 1. The molecule has 0 aromatic heterocycles. The molecule has 0 radical (unpaired) electrons. The summed E-state index contributed by atoms with van der Waals surface area (Å²) in [6, 6.07) is 0. The van der Waals surface area contributed by atoms with Crippen molar-refractivity contribution in [3.05, 3.63) is 12.2 Å². The van der Waals surface area contributed by atoms with Crippen LogP contribution in [0.1, 0.15) is 33.6 Å². The highest BCUT2D eigenvalue weighted by atomic mass is 16.4. The number of carbonyl (C=O) groups is 2. The zero-order chi connectivity index (χ0) is 13.1. The second-order valence-corrected chi connectivity index (χ2v) is 5.79. The largest absolute Gasteiger partial charge is 0.480 e. The van der Waals surface area contributed by atoms with E-state index in [0.717, 1.165) is 12.8 Å². The van der Waals surface area contributed by atoms with Gasteiger partial charge in [0.2, 0.25) is 5.91 Å². The second-order valence-electron chi connectivity index (χ2n) is 5.79. The third-order valence-electron chi connectivity index (χ3n) is 2.66. The molecule has 0 fully saturated rings. The van der Waals surface area contributed by atoms with Crippen molar-refractivity contribution in [1.29, 1.82) is 0 Å². The molecule has 0 spiro atoms. The highest BCUT2D eigenvalue weighted by molar-refractivity contribution is 5.83. The Hall–Kier alpha value is -1.32. The Morgan fingerprint density at radius 2 is 1.82 bits per heavy atom. The lowest BCUT2D eigenvalue weighted by Crippen LogP contribution is -2.43. The number of carbonyl (C=O) groups excluding carboxylic acids is 1. The first-order chi connectivity index (χ1) is 7.79. The van der Waals surface area contributed by atoms with Gasteiger partial charge in [-0.25, -0.2) is 0 Å². The average molecular weight is 239 g/mol. The number of allylic oxidation sites excluding steroid dienone is 2. The number of carboxylic acids is 1. The van der Waals surface area contributed by atoms with Crippen LogP contribution in [0.4, 0.5) is 0 Å². The Morgan fingerprint density at radius 1 is 1.29 bits per heavy atom. The van der Waals surface area contributed by atoms with Gasteiger partial charge < -0.3 is 10.0 Å². The smallest absolute Gasteiger partial charge is 0.323 e. The van der Waals surface area contributed by atoms with Crippen LogP contribution in [0.15, 0.2) is 12.2 Å². The number of hydrogen-bond donors (Lipinski definition) is 1. The van der Waals surface area contributed by atoms with Crippen LogP contribution in [0.25, 0.3) is 0 Å². The summed E-state index contributed by atoms with van der Waals surface area (Å²) in [4.78, 5) is 24.5. The van der Waals surface area contributed by atoms with Crippen LogP contribution < -0.4 is 0 Å². The molecule has 1 aliphatic rings. The van der Waals surface area contributed by atoms with Gasteiger partial charge in [-0.05, 0) is 18.3 Å². The number of carboxylic acid groups (broad SMARTS) is 1. The lowest BCUT2D eigenvalue weighted by Gasteiger charge is -2.30. The number of hydrogen-bond acceptors (Lipinski definition) is 2. The summed E-state index contributed by atoms with van der Waals surface area (Å²) in [5, 5.41) is 8.86. The van der Waals surface area contributed by atoms with Gasteiger partial charge >= 0.3 is 5.97 Å². The standard InChI is InChI=1S/C13H21NO3/c1-13(2,3)9-14(8-11(15)16)12(17)10-6-4-5-7-10/h4-5,10H,6-9H2,1-3H3,(H,15,16). The van der Waals surface area contributed by atoms with Crippen molar-refractivity contribution >= 4 is 11.9 Å². The molecule has 0 atom stereocenters. The lowest BCUT2D eigenvalue weighted by atomic mass is 9.95. The minimum atomic E-state index is -0.950. The van der Waals surface area contributed by atoms with Crippen molar-refractivity contribution in [2.24, 2.45) is 11.3 Å². The van der Waals surface area contributed by atoms with E-state index >= 15 is 0 Å². The van der Waals surface area contributed by atoms with E-state index in [4.69, 9.17) is 5.11 Å². The van der Waals surface area contributed by atoms with Crippen molar-refractivity contribution in [3.8, 4) is 0 Å². The fraction of sp³-hybridized carbons (Fsp3) is 0.692. The van der Waals surface area contributed by atoms with Gasteiger partial charge in [-0.1, -0.05) is 32.9 Å². The molecule has 0 bridgehead atoms. The fourth-order valence-electron chi connectivity index (χ4n) is 2.02. The fourth-order valence-corrected chi connectivity index (χ4v) is 2.02. The summed E-state index contributed by atoms with van der Waals surface area (Å²) in [5.41, 5.74) is -0.0862. The molecule has 0 aliphatic heterocycles. The Morgan fingerprint density at radius 3 is 2.24 bits per heavy atom. The number of nitrogens with zero attached hydrogens (tertiary/aromatic N) is 1. The molecule has 0 saturated carbocycles. The van der Waals surface area contributed by atoms with Crippen LogP contribution in [-0.2, 0) is 9.59 Å². The Labute approximate surface area is 102 Å². The zero-order valence-corrected chi connectivity index (χ0v) is 10.8. The van der Waals surface area contributed by atoms with E-state index in [1.807, 2.05) is 32.9 Å². The van der Waals surface area contributed by atoms with Gasteiger partial charge in [0.05, 0.1) is 0 Å². The van der Waals surface area contributed by atoms with Crippen molar-refractivity contribution in [1.82, 2.24) is 4.90 Å². The molecule has 4 heteroatoms. The molecule has 0 heterocycles. The molecule has 1 amide bonds. The van der Waals surface area contributed by atoms with Gasteiger partial charge in [0.15, 0.2) is 0 Å². The Bertz CT molecular complexity index is 320. The minimum Gasteiger partial charge on any atom is -0.480 e. The van der Waals surface area contributed by atoms with E-state index < -0.39 is 5.97 Å². The predicted molar refractivity (Wildman–Crippen MR) is 65.5 cm³/mol. The van der Waals surface area contributed by atoms with Gasteiger partial charge in [-0.15, -0.1) is 0 Å². The normalized spacial score (nSPS) is 16.2. The van der Waals surface area contributed by atoms with Crippen molar-refractivity contribution in [3.63, 3.8) is 0 Å². The summed E-state index contributed by atoms with van der Waals surface area (Å²) < 4.78 is 0.